The molecule has 1 aliphatic heterocycles. The third kappa shape index (κ3) is 3.53. The Morgan fingerprint density at radius 1 is 1.33 bits per heavy atom. The van der Waals surface area contributed by atoms with Crippen molar-refractivity contribution >= 4 is 17.0 Å². The molecule has 1 aliphatic rings. The number of hydrogen-bond acceptors (Lipinski definition) is 8. The second kappa shape index (κ2) is 7.84. The van der Waals surface area contributed by atoms with E-state index in [1.807, 2.05) is 0 Å². The highest BCUT2D eigenvalue weighted by Crippen LogP contribution is 2.38. The summed E-state index contributed by atoms with van der Waals surface area (Å²) in [5.74, 6) is 0.139. The Bertz CT molecular complexity index is 1100. The molecule has 0 saturated carbocycles. The summed E-state index contributed by atoms with van der Waals surface area (Å²) in [6.45, 7) is 1.67. The lowest BCUT2D eigenvalue weighted by molar-refractivity contribution is -0.0600. The van der Waals surface area contributed by atoms with Crippen LogP contribution in [0, 0.1) is 5.82 Å². The van der Waals surface area contributed by atoms with Gasteiger partial charge in [-0.15, -0.1) is 0 Å². The number of aromatic nitrogens is 4. The number of anilines is 1. The van der Waals surface area contributed by atoms with E-state index in [1.165, 1.54) is 36.3 Å². The molecule has 12 heteroatoms. The van der Waals surface area contributed by atoms with E-state index in [-0.39, 0.29) is 12.4 Å². The van der Waals surface area contributed by atoms with Crippen LogP contribution < -0.4 is 5.32 Å². The fourth-order valence-corrected chi connectivity index (χ4v) is 3.37. The van der Waals surface area contributed by atoms with Crippen LogP contribution in [0.5, 0.6) is 0 Å². The van der Waals surface area contributed by atoms with E-state index in [2.05, 4.69) is 30.3 Å². The van der Waals surface area contributed by atoms with Crippen LogP contribution in [0.25, 0.3) is 21.6 Å². The number of nitrogens with one attached hydrogen (secondary N) is 1. The van der Waals surface area contributed by atoms with Crippen LogP contribution in [-0.4, -0.2) is 54.1 Å². The third-order valence-corrected chi connectivity index (χ3v) is 5.14. The van der Waals surface area contributed by atoms with E-state index in [4.69, 9.17) is 10.3 Å². The van der Waals surface area contributed by atoms with Gasteiger partial charge in [0.2, 0.25) is 0 Å². The van der Waals surface area contributed by atoms with Gasteiger partial charge in [0.05, 0.1) is 19.0 Å². The molecule has 0 unspecified atom stereocenters. The summed E-state index contributed by atoms with van der Waals surface area (Å²) < 4.78 is 20.3. The number of aliphatic hydroxyl groups excluding tert-OH is 1. The lowest BCUT2D eigenvalue weighted by atomic mass is 9.94. The van der Waals surface area contributed by atoms with Gasteiger partial charge < -0.3 is 20.3 Å². The molecule has 11 nitrogen and oxygen atoms in total. The smallest absolute Gasteiger partial charge is 0.167 e. The molecule has 0 amide bonds. The van der Waals surface area contributed by atoms with Gasteiger partial charge in [-0.1, -0.05) is 17.2 Å². The summed E-state index contributed by atoms with van der Waals surface area (Å²) in [6, 6.07) is 6.07. The predicted octanol–water partition coefficient (Wildman–Crippen LogP) is 1.90. The Morgan fingerprint density at radius 3 is 2.83 bits per heavy atom. The van der Waals surface area contributed by atoms with Crippen LogP contribution in [0.3, 0.4) is 0 Å². The van der Waals surface area contributed by atoms with Gasteiger partial charge in [-0.3, -0.25) is 4.57 Å². The minimum atomic E-state index is -1.63. The molecule has 0 aliphatic carbocycles. The molecule has 3 N–H and O–H groups in total. The average molecular weight is 414 g/mol. The standard InChI is InChI=1S/C18H19FN8O3/c1-18(29)12(7-25-26-20)30-17(14(18)28)27-9-24-13-15(22-8-23-16(13)27)21-6-10-2-4-11(19)5-3-10/h2-5,8-9,12,14,17,28-29H,6-7H2,1H3,(H,21,22,23)/t12-,14+,17-,18+/m1/s1. The van der Waals surface area contributed by atoms with Crippen molar-refractivity contribution in [3.63, 3.8) is 0 Å². The maximum absolute atomic E-state index is 13.1. The van der Waals surface area contributed by atoms with E-state index in [0.29, 0.717) is 23.5 Å². The van der Waals surface area contributed by atoms with Crippen molar-refractivity contribution < 1.29 is 19.3 Å². The summed E-state index contributed by atoms with van der Waals surface area (Å²) in [7, 11) is 0. The molecular weight excluding hydrogens is 395 g/mol. The number of imidazole rings is 1. The van der Waals surface area contributed by atoms with Crippen LogP contribution in [0.2, 0.25) is 0 Å². The first-order valence-corrected chi connectivity index (χ1v) is 9.14. The zero-order valence-electron chi connectivity index (χ0n) is 15.9. The molecular formula is C18H19FN8O3. The zero-order chi connectivity index (χ0) is 21.3. The van der Waals surface area contributed by atoms with Gasteiger partial charge in [-0.05, 0) is 30.2 Å². The summed E-state index contributed by atoms with van der Waals surface area (Å²) in [5, 5.41) is 27.8. The number of halogens is 1. The monoisotopic (exact) mass is 414 g/mol. The van der Waals surface area contributed by atoms with Gasteiger partial charge >= 0.3 is 0 Å². The van der Waals surface area contributed by atoms with Crippen molar-refractivity contribution in [2.45, 2.75) is 37.5 Å². The van der Waals surface area contributed by atoms with Crippen LogP contribution in [0.15, 0.2) is 42.0 Å². The zero-order valence-corrected chi connectivity index (χ0v) is 15.9. The predicted molar refractivity (Wildman–Crippen MR) is 104 cm³/mol. The fourth-order valence-electron chi connectivity index (χ4n) is 3.37. The van der Waals surface area contributed by atoms with Crippen molar-refractivity contribution in [1.82, 2.24) is 19.5 Å². The third-order valence-electron chi connectivity index (χ3n) is 5.14. The topological polar surface area (TPSA) is 154 Å². The second-order valence-corrected chi connectivity index (χ2v) is 7.13. The number of nitrogens with zero attached hydrogens (tertiary/aromatic N) is 7. The minimum Gasteiger partial charge on any atom is -0.385 e. The molecule has 156 valence electrons. The summed E-state index contributed by atoms with van der Waals surface area (Å²) in [5.41, 5.74) is 8.58. The van der Waals surface area contributed by atoms with Crippen molar-refractivity contribution in [3.05, 3.63) is 58.7 Å². The van der Waals surface area contributed by atoms with Gasteiger partial charge in [-0.25, -0.2) is 19.3 Å². The maximum atomic E-state index is 13.1. The van der Waals surface area contributed by atoms with Gasteiger partial charge in [-0.2, -0.15) is 0 Å². The number of rotatable bonds is 6. The molecule has 4 rings (SSSR count). The molecule has 0 spiro atoms. The van der Waals surface area contributed by atoms with Gasteiger partial charge in [0.15, 0.2) is 23.2 Å². The van der Waals surface area contributed by atoms with Crippen molar-refractivity contribution in [3.8, 4) is 0 Å². The Hall–Kier alpha value is -3.31. The van der Waals surface area contributed by atoms with Crippen molar-refractivity contribution in [1.29, 1.82) is 0 Å². The highest BCUT2D eigenvalue weighted by Gasteiger charge is 2.52. The Kier molecular flexibility index (Phi) is 5.22. The molecule has 1 aromatic carbocycles. The highest BCUT2D eigenvalue weighted by molar-refractivity contribution is 5.82. The molecule has 1 saturated heterocycles. The second-order valence-electron chi connectivity index (χ2n) is 7.13. The van der Waals surface area contributed by atoms with Crippen LogP contribution in [-0.2, 0) is 11.3 Å². The average Bonchev–Trinajstić information content (AvgIpc) is 3.26. The summed E-state index contributed by atoms with van der Waals surface area (Å²) in [4.78, 5) is 15.4. The molecule has 0 radical (unpaired) electrons. The molecule has 0 bridgehead atoms. The number of azide groups is 1. The molecule has 2 aromatic heterocycles. The molecule has 3 heterocycles. The van der Waals surface area contributed by atoms with Crippen LogP contribution in [0.4, 0.5) is 10.2 Å². The van der Waals surface area contributed by atoms with E-state index in [0.717, 1.165) is 5.56 Å². The Morgan fingerprint density at radius 2 is 2.10 bits per heavy atom. The first-order valence-electron chi connectivity index (χ1n) is 9.14. The highest BCUT2D eigenvalue weighted by atomic mass is 19.1. The van der Waals surface area contributed by atoms with E-state index in [1.54, 1.807) is 12.1 Å². The number of hydrogen-bond donors (Lipinski definition) is 3. The molecule has 3 aromatic rings. The van der Waals surface area contributed by atoms with Crippen molar-refractivity contribution in [2.75, 3.05) is 11.9 Å². The normalized spacial score (nSPS) is 25.9. The minimum absolute atomic E-state index is 0.136. The van der Waals surface area contributed by atoms with Gasteiger partial charge in [0.25, 0.3) is 0 Å². The van der Waals surface area contributed by atoms with E-state index in [9.17, 15) is 14.6 Å². The number of benzene rings is 1. The SMILES string of the molecule is C[C@]1(O)[C@@H](CN=[N+]=[N-])O[C@@H](n2cnc3c(NCc4ccc(F)cc4)ncnc32)[C@@H]1O. The fraction of sp³-hybridized carbons (Fsp3) is 0.389. The quantitative estimate of drug-likeness (QED) is 0.316. The molecule has 1 fully saturated rings. The first kappa shape index (κ1) is 20.0. The Balaban J connectivity index is 1.60. The number of aliphatic hydroxyl groups is 2. The number of ether oxygens (including phenoxy) is 1. The molecule has 30 heavy (non-hydrogen) atoms. The van der Waals surface area contributed by atoms with Gasteiger partial charge in [0.1, 0.15) is 23.8 Å². The van der Waals surface area contributed by atoms with Gasteiger partial charge in [0, 0.05) is 11.5 Å². The van der Waals surface area contributed by atoms with E-state index < -0.39 is 24.0 Å². The number of fused-ring (bicyclic) bond motifs is 1. The Labute approximate surface area is 169 Å². The molecule has 4 atom stereocenters. The van der Waals surface area contributed by atoms with Crippen LogP contribution >= 0.6 is 0 Å². The first-order chi connectivity index (χ1) is 14.4. The summed E-state index contributed by atoms with van der Waals surface area (Å²) >= 11 is 0. The lowest BCUT2D eigenvalue weighted by Crippen LogP contribution is -2.45. The van der Waals surface area contributed by atoms with E-state index >= 15 is 0 Å². The summed E-state index contributed by atoms with van der Waals surface area (Å²) in [6.07, 6.45) is -0.417. The van der Waals surface area contributed by atoms with Crippen molar-refractivity contribution in [2.24, 2.45) is 5.11 Å². The maximum Gasteiger partial charge on any atom is 0.167 e. The largest absolute Gasteiger partial charge is 0.385 e. The lowest BCUT2D eigenvalue weighted by Gasteiger charge is -2.25. The van der Waals surface area contributed by atoms with Crippen LogP contribution in [0.1, 0.15) is 18.7 Å².